The summed E-state index contributed by atoms with van der Waals surface area (Å²) in [6.45, 7) is 4.00. The molecule has 2 aliphatic heterocycles. The minimum absolute atomic E-state index is 0.0284. The van der Waals surface area contributed by atoms with E-state index >= 15 is 0 Å². The second-order valence-corrected chi connectivity index (χ2v) is 10.9. The summed E-state index contributed by atoms with van der Waals surface area (Å²) in [5.74, 6) is 1.05. The van der Waals surface area contributed by atoms with Gasteiger partial charge in [-0.05, 0) is 47.9 Å². The fraction of sp³-hybridized carbons (Fsp3) is 0.375. The number of hydrogen-bond donors (Lipinski definition) is 1. The van der Waals surface area contributed by atoms with Gasteiger partial charge in [-0.2, -0.15) is 0 Å². The van der Waals surface area contributed by atoms with Crippen molar-refractivity contribution in [3.8, 4) is 11.5 Å². The first kappa shape index (κ1) is 30.0. The number of carbonyl (C=O) groups excluding carboxylic acids is 2. The number of hydrogen-bond acceptors (Lipinski definition) is 8. The number of methoxy groups -OCH3 is 2. The average molecular weight is 588 g/mol. The van der Waals surface area contributed by atoms with Crippen molar-refractivity contribution in [1.82, 2.24) is 20.0 Å². The minimum Gasteiger partial charge on any atom is -0.497 e. The van der Waals surface area contributed by atoms with Gasteiger partial charge in [0.1, 0.15) is 17.5 Å². The van der Waals surface area contributed by atoms with Crippen LogP contribution in [0, 0.1) is 10.1 Å². The van der Waals surface area contributed by atoms with E-state index in [0.717, 1.165) is 16.9 Å². The molecule has 2 saturated heterocycles. The van der Waals surface area contributed by atoms with E-state index in [-0.39, 0.29) is 23.5 Å². The summed E-state index contributed by atoms with van der Waals surface area (Å²) >= 11 is 0. The SMILES string of the molecule is COc1cccc(CN(Cc2ccc([N+](=O)[O-])cc2)C2CC(C(=O)N3CCNCC3)N(C(=O)c3cccc(OC)c3)C2)c1. The molecule has 0 aliphatic carbocycles. The van der Waals surface area contributed by atoms with Gasteiger partial charge in [0.15, 0.2) is 0 Å². The van der Waals surface area contributed by atoms with Crippen molar-refractivity contribution in [3.05, 3.63) is 99.6 Å². The lowest BCUT2D eigenvalue weighted by molar-refractivity contribution is -0.384. The van der Waals surface area contributed by atoms with Gasteiger partial charge >= 0.3 is 0 Å². The highest BCUT2D eigenvalue weighted by atomic mass is 16.6. The maximum atomic E-state index is 14.0. The smallest absolute Gasteiger partial charge is 0.269 e. The van der Waals surface area contributed by atoms with Crippen molar-refractivity contribution in [1.29, 1.82) is 0 Å². The van der Waals surface area contributed by atoms with E-state index in [1.54, 1.807) is 55.5 Å². The predicted octanol–water partition coefficient (Wildman–Crippen LogP) is 3.33. The molecule has 3 aromatic carbocycles. The zero-order chi connectivity index (χ0) is 30.3. The van der Waals surface area contributed by atoms with E-state index in [1.165, 1.54) is 12.1 Å². The van der Waals surface area contributed by atoms with Crippen LogP contribution in [0.3, 0.4) is 0 Å². The van der Waals surface area contributed by atoms with Gasteiger partial charge in [0.05, 0.1) is 19.1 Å². The molecule has 0 bridgehead atoms. The van der Waals surface area contributed by atoms with Crippen LogP contribution in [0.25, 0.3) is 0 Å². The van der Waals surface area contributed by atoms with Crippen LogP contribution in [0.5, 0.6) is 11.5 Å². The highest BCUT2D eigenvalue weighted by molar-refractivity contribution is 5.98. The number of non-ortho nitro benzene ring substituents is 1. The van der Waals surface area contributed by atoms with Gasteiger partial charge < -0.3 is 24.6 Å². The quantitative estimate of drug-likeness (QED) is 0.284. The molecule has 2 aliphatic rings. The first-order valence-corrected chi connectivity index (χ1v) is 14.4. The molecular weight excluding hydrogens is 550 g/mol. The number of rotatable bonds is 10. The Labute approximate surface area is 251 Å². The molecule has 0 aromatic heterocycles. The van der Waals surface area contributed by atoms with Gasteiger partial charge in [-0.3, -0.25) is 24.6 Å². The average Bonchev–Trinajstić information content (AvgIpc) is 3.50. The molecular formula is C32H37N5O6. The fourth-order valence-electron chi connectivity index (χ4n) is 5.83. The van der Waals surface area contributed by atoms with E-state index in [2.05, 4.69) is 10.2 Å². The van der Waals surface area contributed by atoms with Crippen LogP contribution in [0.15, 0.2) is 72.8 Å². The number of nitrogens with one attached hydrogen (secondary N) is 1. The summed E-state index contributed by atoms with van der Waals surface area (Å²) < 4.78 is 10.8. The summed E-state index contributed by atoms with van der Waals surface area (Å²) in [4.78, 5) is 44.5. The van der Waals surface area contributed by atoms with Crippen molar-refractivity contribution >= 4 is 17.5 Å². The van der Waals surface area contributed by atoms with E-state index in [9.17, 15) is 19.7 Å². The Balaban J connectivity index is 1.47. The molecule has 2 fully saturated rings. The van der Waals surface area contributed by atoms with Crippen LogP contribution < -0.4 is 14.8 Å². The van der Waals surface area contributed by atoms with Crippen LogP contribution in [-0.2, 0) is 17.9 Å². The third-order valence-electron chi connectivity index (χ3n) is 8.14. The summed E-state index contributed by atoms with van der Waals surface area (Å²) in [7, 11) is 3.18. The number of amides is 2. The van der Waals surface area contributed by atoms with Crippen LogP contribution in [0.4, 0.5) is 5.69 Å². The maximum absolute atomic E-state index is 14.0. The van der Waals surface area contributed by atoms with Crippen molar-refractivity contribution in [2.45, 2.75) is 31.6 Å². The minimum atomic E-state index is -0.619. The summed E-state index contributed by atoms with van der Waals surface area (Å²) in [6.07, 6.45) is 0.468. The molecule has 0 radical (unpaired) electrons. The van der Waals surface area contributed by atoms with Crippen molar-refractivity contribution in [2.24, 2.45) is 0 Å². The van der Waals surface area contributed by atoms with Gasteiger partial charge in [0.2, 0.25) is 5.91 Å². The molecule has 0 saturated carbocycles. The second kappa shape index (κ2) is 13.7. The first-order valence-electron chi connectivity index (χ1n) is 14.4. The number of likely N-dealkylation sites (tertiary alicyclic amines) is 1. The molecule has 5 rings (SSSR count). The first-order chi connectivity index (χ1) is 20.9. The van der Waals surface area contributed by atoms with E-state index in [1.807, 2.05) is 29.2 Å². The fourth-order valence-corrected chi connectivity index (χ4v) is 5.83. The molecule has 43 heavy (non-hydrogen) atoms. The topological polar surface area (TPSA) is 117 Å². The third-order valence-corrected chi connectivity index (χ3v) is 8.14. The lowest BCUT2D eigenvalue weighted by Crippen LogP contribution is -2.53. The van der Waals surface area contributed by atoms with Crippen molar-refractivity contribution < 1.29 is 24.0 Å². The Morgan fingerprint density at radius 1 is 0.930 bits per heavy atom. The standard InChI is InChI=1S/C32H37N5O6/c1-42-28-7-3-5-24(17-28)21-35(20-23-9-11-26(12-10-23)37(40)41)27-19-30(32(39)34-15-13-33-14-16-34)36(22-27)31(38)25-6-4-8-29(18-25)43-2/h3-12,17-18,27,30,33H,13-16,19-22H2,1-2H3. The maximum Gasteiger partial charge on any atom is 0.269 e. The summed E-state index contributed by atoms with van der Waals surface area (Å²) in [5.41, 5.74) is 2.41. The van der Waals surface area contributed by atoms with Crippen LogP contribution in [-0.4, -0.2) is 90.5 Å². The monoisotopic (exact) mass is 587 g/mol. The number of nitro benzene ring substituents is 1. The predicted molar refractivity (Wildman–Crippen MR) is 161 cm³/mol. The van der Waals surface area contributed by atoms with Crippen molar-refractivity contribution in [2.75, 3.05) is 46.9 Å². The number of carbonyl (C=O) groups is 2. The lowest BCUT2D eigenvalue weighted by Gasteiger charge is -2.32. The zero-order valence-electron chi connectivity index (χ0n) is 24.5. The lowest BCUT2D eigenvalue weighted by atomic mass is 10.1. The van der Waals surface area contributed by atoms with E-state index in [0.29, 0.717) is 63.5 Å². The Bertz CT molecular complexity index is 1440. The number of benzene rings is 3. The Kier molecular flexibility index (Phi) is 9.53. The molecule has 2 atom stereocenters. The number of nitro groups is 1. The largest absolute Gasteiger partial charge is 0.497 e. The van der Waals surface area contributed by atoms with E-state index < -0.39 is 11.0 Å². The third kappa shape index (κ3) is 7.12. The molecule has 2 unspecified atom stereocenters. The molecule has 11 nitrogen and oxygen atoms in total. The number of nitrogens with zero attached hydrogens (tertiary/aromatic N) is 4. The highest BCUT2D eigenvalue weighted by Crippen LogP contribution is 2.30. The van der Waals surface area contributed by atoms with Crippen molar-refractivity contribution in [3.63, 3.8) is 0 Å². The molecule has 3 aromatic rings. The van der Waals surface area contributed by atoms with Gasteiger partial charge in [-0.1, -0.05) is 30.3 Å². The zero-order valence-corrected chi connectivity index (χ0v) is 24.5. The van der Waals surface area contributed by atoms with Crippen LogP contribution in [0.1, 0.15) is 27.9 Å². The highest BCUT2D eigenvalue weighted by Gasteiger charge is 2.43. The van der Waals surface area contributed by atoms with Gasteiger partial charge in [0, 0.05) is 69.6 Å². The normalized spacial score (nSPS) is 18.5. The number of piperazine rings is 1. The van der Waals surface area contributed by atoms with Gasteiger partial charge in [-0.15, -0.1) is 0 Å². The van der Waals surface area contributed by atoms with Gasteiger partial charge in [-0.25, -0.2) is 0 Å². The Morgan fingerprint density at radius 2 is 1.58 bits per heavy atom. The molecule has 2 amide bonds. The van der Waals surface area contributed by atoms with E-state index in [4.69, 9.17) is 9.47 Å². The van der Waals surface area contributed by atoms with Crippen LogP contribution >= 0.6 is 0 Å². The molecule has 1 N–H and O–H groups in total. The summed E-state index contributed by atoms with van der Waals surface area (Å²) in [5, 5.41) is 14.5. The summed E-state index contributed by atoms with van der Waals surface area (Å²) in [6, 6.07) is 20.6. The van der Waals surface area contributed by atoms with Gasteiger partial charge in [0.25, 0.3) is 11.6 Å². The molecule has 11 heteroatoms. The molecule has 0 spiro atoms. The molecule has 226 valence electrons. The number of ether oxygens (including phenoxy) is 2. The second-order valence-electron chi connectivity index (χ2n) is 10.9. The Morgan fingerprint density at radius 3 is 2.26 bits per heavy atom. The molecule has 2 heterocycles. The Hall–Kier alpha value is -4.48. The van der Waals surface area contributed by atoms with Crippen LogP contribution in [0.2, 0.25) is 0 Å².